The molecule has 1 saturated heterocycles. The van der Waals surface area contributed by atoms with E-state index in [9.17, 15) is 21.6 Å². The molecule has 8 nitrogen and oxygen atoms in total. The maximum Gasteiger partial charge on any atom is 0.401 e. The summed E-state index contributed by atoms with van der Waals surface area (Å²) in [5, 5.41) is 0. The van der Waals surface area contributed by atoms with Gasteiger partial charge in [-0.3, -0.25) is 4.90 Å². The van der Waals surface area contributed by atoms with Gasteiger partial charge in [0.1, 0.15) is 11.3 Å². The van der Waals surface area contributed by atoms with Crippen molar-refractivity contribution in [2.45, 2.75) is 49.2 Å². The Hall–Kier alpha value is -1.92. The third kappa shape index (κ3) is 4.00. The van der Waals surface area contributed by atoms with Crippen molar-refractivity contribution in [2.24, 2.45) is 0 Å². The Morgan fingerprint density at radius 1 is 1.03 bits per heavy atom. The Bertz CT molecular complexity index is 1010. The molecule has 1 saturated carbocycles. The molecule has 166 valence electrons. The molecule has 12 heteroatoms. The van der Waals surface area contributed by atoms with Crippen LogP contribution in [0.5, 0.6) is 0 Å². The molecule has 0 bridgehead atoms. The number of anilines is 1. The summed E-state index contributed by atoms with van der Waals surface area (Å²) in [6.07, 6.45) is 3.60. The zero-order valence-electron chi connectivity index (χ0n) is 16.5. The van der Waals surface area contributed by atoms with Crippen LogP contribution >= 0.6 is 0 Å². The van der Waals surface area contributed by atoms with Crippen LogP contribution in [0, 0.1) is 0 Å². The number of piperazine rings is 1. The summed E-state index contributed by atoms with van der Waals surface area (Å²) < 4.78 is 67.8. The zero-order valence-corrected chi connectivity index (χ0v) is 17.3. The molecule has 0 radical (unpaired) electrons. The molecule has 30 heavy (non-hydrogen) atoms. The van der Waals surface area contributed by atoms with Crippen LogP contribution in [0.15, 0.2) is 17.3 Å². The highest BCUT2D eigenvalue weighted by Gasteiger charge is 2.38. The van der Waals surface area contributed by atoms with Gasteiger partial charge in [-0.05, 0) is 12.8 Å². The number of hydrogen-bond acceptors (Lipinski definition) is 6. The second-order valence-corrected chi connectivity index (χ2v) is 9.77. The monoisotopic (exact) mass is 446 g/mol. The number of nitrogens with zero attached hydrogens (tertiary/aromatic N) is 5. The third-order valence-corrected chi connectivity index (χ3v) is 7.85. The van der Waals surface area contributed by atoms with E-state index in [1.807, 2.05) is 0 Å². The molecule has 3 heterocycles. The predicted octanol–water partition coefficient (Wildman–Crippen LogP) is 2.39. The van der Waals surface area contributed by atoms with Crippen molar-refractivity contribution in [1.82, 2.24) is 23.7 Å². The number of rotatable bonds is 4. The molecular formula is C18H25F3N6O2S. The van der Waals surface area contributed by atoms with E-state index in [4.69, 9.17) is 5.73 Å². The fraction of sp³-hybridized carbons (Fsp3) is 0.667. The first-order valence-corrected chi connectivity index (χ1v) is 11.5. The van der Waals surface area contributed by atoms with Crippen LogP contribution in [-0.2, 0) is 10.0 Å². The van der Waals surface area contributed by atoms with E-state index in [-0.39, 0.29) is 48.5 Å². The minimum atomic E-state index is -4.31. The lowest BCUT2D eigenvalue weighted by Crippen LogP contribution is -2.50. The molecule has 1 aliphatic carbocycles. The van der Waals surface area contributed by atoms with Crippen LogP contribution in [0.2, 0.25) is 0 Å². The number of fused-ring (bicyclic) bond motifs is 1. The molecule has 0 amide bonds. The Morgan fingerprint density at radius 2 is 1.67 bits per heavy atom. The predicted molar refractivity (Wildman–Crippen MR) is 105 cm³/mol. The normalized spacial score (nSPS) is 20.8. The van der Waals surface area contributed by atoms with E-state index in [2.05, 4.69) is 9.97 Å². The second kappa shape index (κ2) is 7.97. The molecule has 2 aromatic heterocycles. The smallest absolute Gasteiger partial charge is 0.384 e. The van der Waals surface area contributed by atoms with Gasteiger partial charge >= 0.3 is 6.18 Å². The number of nitrogen functional groups attached to an aromatic ring is 1. The summed E-state index contributed by atoms with van der Waals surface area (Å²) in [6, 6.07) is 0.0607. The molecule has 2 N–H and O–H groups in total. The summed E-state index contributed by atoms with van der Waals surface area (Å²) in [4.78, 5) is 9.73. The van der Waals surface area contributed by atoms with Crippen LogP contribution < -0.4 is 5.73 Å². The van der Waals surface area contributed by atoms with Crippen molar-refractivity contribution in [3.05, 3.63) is 12.4 Å². The van der Waals surface area contributed by atoms with E-state index in [0.29, 0.717) is 5.65 Å². The average Bonchev–Trinajstić information content (AvgIpc) is 3.00. The maximum atomic E-state index is 13.4. The highest BCUT2D eigenvalue weighted by molar-refractivity contribution is 7.89. The van der Waals surface area contributed by atoms with E-state index >= 15 is 0 Å². The average molecular weight is 446 g/mol. The van der Waals surface area contributed by atoms with Gasteiger partial charge in [0.05, 0.1) is 6.54 Å². The summed E-state index contributed by atoms with van der Waals surface area (Å²) in [6.45, 7) is -1.10. The fourth-order valence-electron chi connectivity index (χ4n) is 4.49. The van der Waals surface area contributed by atoms with E-state index in [0.717, 1.165) is 32.1 Å². The number of nitrogens with two attached hydrogens (primary N) is 1. The second-order valence-electron chi connectivity index (χ2n) is 7.90. The van der Waals surface area contributed by atoms with Gasteiger partial charge in [-0.2, -0.15) is 17.5 Å². The molecule has 0 aromatic carbocycles. The topological polar surface area (TPSA) is 97.3 Å². The summed E-state index contributed by atoms with van der Waals surface area (Å²) >= 11 is 0. The van der Waals surface area contributed by atoms with Gasteiger partial charge in [-0.15, -0.1) is 0 Å². The quantitative estimate of drug-likeness (QED) is 0.775. The molecule has 2 aliphatic rings. The standard InChI is InChI=1S/C18H25F3N6O2S/c19-18(20,21)12-25-8-10-26(11-9-25)30(28,29)15-14-17(24-7-6-23-14)27(16(15)22)13-4-2-1-3-5-13/h6-7,13H,1-5,8-12,22H2. The van der Waals surface area contributed by atoms with E-state index in [1.165, 1.54) is 21.6 Å². The molecule has 2 fully saturated rings. The lowest BCUT2D eigenvalue weighted by atomic mass is 9.95. The SMILES string of the molecule is Nc1c(S(=O)(=O)N2CCN(CC(F)(F)F)CC2)c2nccnc2n1C1CCCCC1. The van der Waals surface area contributed by atoms with Gasteiger partial charge in [-0.1, -0.05) is 19.3 Å². The van der Waals surface area contributed by atoms with Crippen molar-refractivity contribution in [1.29, 1.82) is 0 Å². The third-order valence-electron chi connectivity index (χ3n) is 5.89. The molecule has 0 atom stereocenters. The van der Waals surface area contributed by atoms with Crippen LogP contribution in [0.25, 0.3) is 11.2 Å². The zero-order chi connectivity index (χ0) is 21.5. The highest BCUT2D eigenvalue weighted by atomic mass is 32.2. The number of alkyl halides is 3. The van der Waals surface area contributed by atoms with Crippen molar-refractivity contribution in [3.63, 3.8) is 0 Å². The summed E-state index contributed by atoms with van der Waals surface area (Å²) in [7, 11) is -4.03. The Morgan fingerprint density at radius 3 is 2.30 bits per heavy atom. The minimum Gasteiger partial charge on any atom is -0.384 e. The largest absolute Gasteiger partial charge is 0.401 e. The van der Waals surface area contributed by atoms with Gasteiger partial charge in [0.2, 0.25) is 10.0 Å². The lowest BCUT2D eigenvalue weighted by Gasteiger charge is -2.34. The first-order chi connectivity index (χ1) is 14.2. The maximum absolute atomic E-state index is 13.4. The van der Waals surface area contributed by atoms with Crippen LogP contribution in [0.3, 0.4) is 0 Å². The van der Waals surface area contributed by atoms with Gasteiger partial charge in [0.25, 0.3) is 0 Å². The van der Waals surface area contributed by atoms with E-state index < -0.39 is 22.7 Å². The summed E-state index contributed by atoms with van der Waals surface area (Å²) in [5.41, 5.74) is 7.03. The lowest BCUT2D eigenvalue weighted by molar-refractivity contribution is -0.148. The van der Waals surface area contributed by atoms with Crippen molar-refractivity contribution >= 4 is 27.0 Å². The Kier molecular flexibility index (Phi) is 5.66. The minimum absolute atomic E-state index is 0.00555. The van der Waals surface area contributed by atoms with E-state index in [1.54, 1.807) is 4.57 Å². The van der Waals surface area contributed by atoms with Crippen molar-refractivity contribution < 1.29 is 21.6 Å². The highest BCUT2D eigenvalue weighted by Crippen LogP contribution is 2.39. The fourth-order valence-corrected chi connectivity index (χ4v) is 6.14. The van der Waals surface area contributed by atoms with Crippen LogP contribution in [-0.4, -0.2) is 71.1 Å². The van der Waals surface area contributed by atoms with Crippen LogP contribution in [0.1, 0.15) is 38.1 Å². The van der Waals surface area contributed by atoms with Crippen LogP contribution in [0.4, 0.5) is 19.0 Å². The van der Waals surface area contributed by atoms with Gasteiger partial charge in [0, 0.05) is 44.6 Å². The first kappa shape index (κ1) is 21.3. The number of aromatic nitrogens is 3. The molecule has 0 spiro atoms. The Balaban J connectivity index is 1.66. The van der Waals surface area contributed by atoms with Crippen molar-refractivity contribution in [3.8, 4) is 0 Å². The van der Waals surface area contributed by atoms with Gasteiger partial charge in [-0.25, -0.2) is 18.4 Å². The molecule has 0 unspecified atom stereocenters. The van der Waals surface area contributed by atoms with Gasteiger partial charge in [0.15, 0.2) is 10.5 Å². The molecular weight excluding hydrogens is 421 g/mol. The number of hydrogen-bond donors (Lipinski definition) is 1. The molecule has 2 aromatic rings. The summed E-state index contributed by atoms with van der Waals surface area (Å²) in [5.74, 6) is 0.112. The molecule has 4 rings (SSSR count). The number of sulfonamides is 1. The van der Waals surface area contributed by atoms with Gasteiger partial charge < -0.3 is 10.3 Å². The molecule has 1 aliphatic heterocycles. The number of halogens is 3. The Labute approximate surface area is 172 Å². The van der Waals surface area contributed by atoms with Crippen molar-refractivity contribution in [2.75, 3.05) is 38.5 Å². The first-order valence-electron chi connectivity index (χ1n) is 10.1.